The Morgan fingerprint density at radius 1 is 1.17 bits per heavy atom. The number of nitrogens with one attached hydrogen (secondary N) is 3. The zero-order valence-corrected chi connectivity index (χ0v) is 15.0. The van der Waals surface area contributed by atoms with Crippen molar-refractivity contribution in [2.24, 2.45) is 5.73 Å². The Hall–Kier alpha value is -1.97. The molecule has 0 heterocycles. The van der Waals surface area contributed by atoms with Crippen molar-refractivity contribution >= 4 is 67.3 Å². The molecule has 0 saturated carbocycles. The standard InChI is InChI=1S/C14H13BrN4O2S2/c15-12-9-4-2-1-3-8(9)5-6-10(12)21-7-11(20)17-14(23)19-18-13(16)22/h1-6H,7H2,(H3,16,18,22)(H2,17,19,20,23). The van der Waals surface area contributed by atoms with Crippen molar-refractivity contribution in [2.75, 3.05) is 6.61 Å². The summed E-state index contributed by atoms with van der Waals surface area (Å²) in [7, 11) is 0. The summed E-state index contributed by atoms with van der Waals surface area (Å²) in [5, 5.41) is 4.56. The second-order valence-corrected chi connectivity index (χ2v) is 6.02. The van der Waals surface area contributed by atoms with Crippen LogP contribution in [0.4, 0.5) is 0 Å². The molecule has 2 aromatic carbocycles. The molecule has 2 rings (SSSR count). The third-order valence-corrected chi connectivity index (χ3v) is 3.86. The Morgan fingerprint density at radius 2 is 1.91 bits per heavy atom. The van der Waals surface area contributed by atoms with Gasteiger partial charge < -0.3 is 10.5 Å². The van der Waals surface area contributed by atoms with E-state index >= 15 is 0 Å². The number of hydrazine groups is 1. The van der Waals surface area contributed by atoms with Gasteiger partial charge in [0.2, 0.25) is 0 Å². The molecule has 6 nitrogen and oxygen atoms in total. The highest BCUT2D eigenvalue weighted by Crippen LogP contribution is 2.32. The molecule has 23 heavy (non-hydrogen) atoms. The number of hydrogen-bond donors (Lipinski definition) is 4. The average molecular weight is 413 g/mol. The predicted molar refractivity (Wildman–Crippen MR) is 101 cm³/mol. The van der Waals surface area contributed by atoms with Crippen LogP contribution in [0.5, 0.6) is 5.75 Å². The predicted octanol–water partition coefficient (Wildman–Crippen LogP) is 1.72. The van der Waals surface area contributed by atoms with Crippen molar-refractivity contribution in [1.82, 2.24) is 16.2 Å². The number of carbonyl (C=O) groups is 1. The summed E-state index contributed by atoms with van der Waals surface area (Å²) in [5.41, 5.74) is 10.1. The van der Waals surface area contributed by atoms with Gasteiger partial charge in [0.25, 0.3) is 5.91 Å². The molecule has 0 aromatic heterocycles. The van der Waals surface area contributed by atoms with Gasteiger partial charge in [-0.1, -0.05) is 30.3 Å². The third-order valence-electron chi connectivity index (χ3n) is 2.74. The molecule has 9 heteroatoms. The van der Waals surface area contributed by atoms with E-state index in [1.807, 2.05) is 30.3 Å². The Bertz CT molecular complexity index is 770. The lowest BCUT2D eigenvalue weighted by Gasteiger charge is -2.12. The van der Waals surface area contributed by atoms with Crippen molar-refractivity contribution in [3.05, 3.63) is 40.9 Å². The lowest BCUT2D eigenvalue weighted by Crippen LogP contribution is -2.50. The maximum atomic E-state index is 11.8. The number of ether oxygens (including phenoxy) is 1. The van der Waals surface area contributed by atoms with Crippen LogP contribution in [0.2, 0.25) is 0 Å². The molecule has 5 N–H and O–H groups in total. The molecule has 0 atom stereocenters. The maximum absolute atomic E-state index is 11.8. The van der Waals surface area contributed by atoms with Gasteiger partial charge in [-0.2, -0.15) is 0 Å². The Balaban J connectivity index is 1.93. The SMILES string of the molecule is NC(=S)NNC(=S)NC(=O)COc1ccc2ccccc2c1Br. The van der Waals surface area contributed by atoms with Crippen LogP contribution in [-0.4, -0.2) is 22.7 Å². The number of halogens is 1. The Morgan fingerprint density at radius 3 is 2.65 bits per heavy atom. The zero-order chi connectivity index (χ0) is 16.8. The summed E-state index contributed by atoms with van der Waals surface area (Å²) in [6, 6.07) is 11.6. The molecule has 0 aliphatic carbocycles. The second kappa shape index (κ2) is 8.04. The minimum atomic E-state index is -0.410. The Kier molecular flexibility index (Phi) is 6.08. The summed E-state index contributed by atoms with van der Waals surface area (Å²) < 4.78 is 6.31. The van der Waals surface area contributed by atoms with Gasteiger partial charge in [0.05, 0.1) is 4.47 Å². The smallest absolute Gasteiger partial charge is 0.264 e. The number of thiocarbonyl (C=S) groups is 2. The fourth-order valence-electron chi connectivity index (χ4n) is 1.78. The number of fused-ring (bicyclic) bond motifs is 1. The first kappa shape index (κ1) is 17.4. The molecule has 0 radical (unpaired) electrons. The molecular weight excluding hydrogens is 400 g/mol. The van der Waals surface area contributed by atoms with Crippen LogP contribution in [-0.2, 0) is 4.79 Å². The normalized spacial score (nSPS) is 9.96. The van der Waals surface area contributed by atoms with E-state index in [1.165, 1.54) is 0 Å². The summed E-state index contributed by atoms with van der Waals surface area (Å²) in [5.74, 6) is 0.159. The molecule has 0 aliphatic rings. The van der Waals surface area contributed by atoms with E-state index in [0.29, 0.717) is 5.75 Å². The van der Waals surface area contributed by atoms with E-state index in [2.05, 4.69) is 44.3 Å². The Labute approximate surface area is 151 Å². The summed E-state index contributed by atoms with van der Waals surface area (Å²) >= 11 is 13.0. The molecular formula is C14H13BrN4O2S2. The lowest BCUT2D eigenvalue weighted by molar-refractivity contribution is -0.121. The topological polar surface area (TPSA) is 88.4 Å². The van der Waals surface area contributed by atoms with Gasteiger partial charge in [-0.3, -0.25) is 21.0 Å². The van der Waals surface area contributed by atoms with Gasteiger partial charge in [0, 0.05) is 0 Å². The number of hydrogen-bond acceptors (Lipinski definition) is 4. The van der Waals surface area contributed by atoms with Crippen LogP contribution >= 0.6 is 40.4 Å². The van der Waals surface area contributed by atoms with Crippen LogP contribution in [0.25, 0.3) is 10.8 Å². The zero-order valence-electron chi connectivity index (χ0n) is 11.8. The van der Waals surface area contributed by atoms with Crippen LogP contribution < -0.4 is 26.6 Å². The fraction of sp³-hybridized carbons (Fsp3) is 0.0714. The second-order valence-electron chi connectivity index (χ2n) is 4.38. The third kappa shape index (κ3) is 5.02. The van der Waals surface area contributed by atoms with E-state index in [4.69, 9.17) is 22.7 Å². The molecule has 1 amide bonds. The molecule has 120 valence electrons. The van der Waals surface area contributed by atoms with Gasteiger partial charge in [-0.25, -0.2) is 0 Å². The molecule has 0 fully saturated rings. The van der Waals surface area contributed by atoms with Crippen molar-refractivity contribution in [3.8, 4) is 5.75 Å². The maximum Gasteiger partial charge on any atom is 0.264 e. The summed E-state index contributed by atoms with van der Waals surface area (Å²) in [6.45, 7) is -0.189. The number of rotatable bonds is 3. The van der Waals surface area contributed by atoms with Crippen LogP contribution in [0.3, 0.4) is 0 Å². The number of amides is 1. The largest absolute Gasteiger partial charge is 0.483 e. The average Bonchev–Trinajstić information content (AvgIpc) is 2.52. The van der Waals surface area contributed by atoms with E-state index < -0.39 is 5.91 Å². The number of nitrogens with two attached hydrogens (primary N) is 1. The van der Waals surface area contributed by atoms with Crippen molar-refractivity contribution in [1.29, 1.82) is 0 Å². The van der Waals surface area contributed by atoms with Crippen LogP contribution in [0, 0.1) is 0 Å². The summed E-state index contributed by atoms with van der Waals surface area (Å²) in [6.07, 6.45) is 0. The van der Waals surface area contributed by atoms with E-state index in [-0.39, 0.29) is 16.8 Å². The van der Waals surface area contributed by atoms with Crippen molar-refractivity contribution in [2.45, 2.75) is 0 Å². The fourth-order valence-corrected chi connectivity index (χ4v) is 2.60. The van der Waals surface area contributed by atoms with E-state index in [0.717, 1.165) is 15.2 Å². The first-order valence-electron chi connectivity index (χ1n) is 6.42. The lowest BCUT2D eigenvalue weighted by atomic mass is 10.1. The first-order valence-corrected chi connectivity index (χ1v) is 8.03. The van der Waals surface area contributed by atoms with Crippen LogP contribution in [0.15, 0.2) is 40.9 Å². The molecule has 0 spiro atoms. The quantitative estimate of drug-likeness (QED) is 0.450. The minimum Gasteiger partial charge on any atom is -0.483 e. The van der Waals surface area contributed by atoms with Gasteiger partial charge in [-0.05, 0) is 57.2 Å². The monoisotopic (exact) mass is 412 g/mol. The molecule has 2 aromatic rings. The van der Waals surface area contributed by atoms with Crippen molar-refractivity contribution < 1.29 is 9.53 Å². The number of benzene rings is 2. The van der Waals surface area contributed by atoms with Gasteiger partial charge in [0.1, 0.15) is 5.75 Å². The molecule has 0 bridgehead atoms. The van der Waals surface area contributed by atoms with Gasteiger partial charge in [-0.15, -0.1) is 0 Å². The van der Waals surface area contributed by atoms with Crippen molar-refractivity contribution in [3.63, 3.8) is 0 Å². The van der Waals surface area contributed by atoms with Crippen LogP contribution in [0.1, 0.15) is 0 Å². The van der Waals surface area contributed by atoms with Gasteiger partial charge >= 0.3 is 0 Å². The molecule has 0 aliphatic heterocycles. The first-order chi connectivity index (χ1) is 11.0. The highest BCUT2D eigenvalue weighted by Gasteiger charge is 2.09. The molecule has 0 saturated heterocycles. The molecule has 0 unspecified atom stereocenters. The minimum absolute atomic E-state index is 0.0120. The highest BCUT2D eigenvalue weighted by atomic mass is 79.9. The van der Waals surface area contributed by atoms with E-state index in [1.54, 1.807) is 6.07 Å². The highest BCUT2D eigenvalue weighted by molar-refractivity contribution is 9.10. The van der Waals surface area contributed by atoms with Gasteiger partial charge in [0.15, 0.2) is 16.8 Å². The van der Waals surface area contributed by atoms with E-state index in [9.17, 15) is 4.79 Å². The number of carbonyl (C=O) groups excluding carboxylic acids is 1. The summed E-state index contributed by atoms with van der Waals surface area (Å²) in [4.78, 5) is 11.8.